The van der Waals surface area contributed by atoms with Gasteiger partial charge in [0.2, 0.25) is 5.28 Å². The van der Waals surface area contributed by atoms with Crippen molar-refractivity contribution in [1.29, 1.82) is 0 Å². The molecule has 2 aliphatic carbocycles. The first-order valence-corrected chi connectivity index (χ1v) is 14.0. The standard InChI is InChI=1S/C23H29Cl2N4O6P/c1-12(2)34-36(30,35-13(3)4)31-10-9-23-8-7-14(23)16(17-18(23)33-22(5,6)32-17)29-11-26-15-19(24)27-21(25)28-20(15)29/h7-14,16-18H,1-6H3/b10-9+/t14-,16-,17+,18+,23+/m1/s1. The predicted molar refractivity (Wildman–Crippen MR) is 134 cm³/mol. The van der Waals surface area contributed by atoms with Gasteiger partial charge in [-0.15, -0.1) is 0 Å². The van der Waals surface area contributed by atoms with Crippen molar-refractivity contribution in [2.75, 3.05) is 0 Å². The summed E-state index contributed by atoms with van der Waals surface area (Å²) < 4.78 is 44.4. The van der Waals surface area contributed by atoms with E-state index in [1.54, 1.807) is 34.0 Å². The maximum absolute atomic E-state index is 13.2. The van der Waals surface area contributed by atoms with Gasteiger partial charge in [0.25, 0.3) is 0 Å². The average Bonchev–Trinajstić information content (AvgIpc) is 3.31. The van der Waals surface area contributed by atoms with Crippen molar-refractivity contribution in [3.05, 3.63) is 41.3 Å². The van der Waals surface area contributed by atoms with Crippen molar-refractivity contribution in [3.8, 4) is 0 Å². The highest BCUT2D eigenvalue weighted by molar-refractivity contribution is 7.48. The molecule has 5 atom stereocenters. The van der Waals surface area contributed by atoms with Crippen molar-refractivity contribution in [2.24, 2.45) is 11.3 Å². The van der Waals surface area contributed by atoms with E-state index >= 15 is 0 Å². The Kier molecular flexibility index (Phi) is 6.56. The van der Waals surface area contributed by atoms with Gasteiger partial charge >= 0.3 is 7.82 Å². The number of phosphoric ester groups is 1. The Bertz CT molecular complexity index is 1270. The van der Waals surface area contributed by atoms with Gasteiger partial charge < -0.3 is 18.6 Å². The third-order valence-corrected chi connectivity index (χ3v) is 8.57. The summed E-state index contributed by atoms with van der Waals surface area (Å²) in [6.45, 7) is 10.8. The van der Waals surface area contributed by atoms with E-state index in [0.717, 1.165) is 0 Å². The largest absolute Gasteiger partial charge is 0.529 e. The molecule has 2 aromatic rings. The van der Waals surface area contributed by atoms with Crippen molar-refractivity contribution >= 4 is 42.2 Å². The van der Waals surface area contributed by atoms with Crippen LogP contribution >= 0.6 is 31.0 Å². The maximum atomic E-state index is 13.2. The molecule has 0 radical (unpaired) electrons. The normalized spacial score (nSPS) is 30.9. The Hall–Kier alpha value is -1.52. The Morgan fingerprint density at radius 2 is 1.83 bits per heavy atom. The zero-order chi connectivity index (χ0) is 26.0. The van der Waals surface area contributed by atoms with Gasteiger partial charge in [-0.3, -0.25) is 9.05 Å². The molecular formula is C23H29Cl2N4O6P. The number of phosphoric acid groups is 1. The molecule has 0 spiro atoms. The first-order valence-electron chi connectivity index (χ1n) is 11.8. The van der Waals surface area contributed by atoms with Crippen LogP contribution in [0.1, 0.15) is 47.6 Å². The number of aromatic nitrogens is 4. The number of imidazole rings is 1. The number of rotatable bonds is 8. The van der Waals surface area contributed by atoms with Crippen molar-refractivity contribution in [2.45, 2.75) is 77.8 Å². The maximum Gasteiger partial charge on any atom is 0.529 e. The molecule has 5 rings (SSSR count). The van der Waals surface area contributed by atoms with E-state index in [1.165, 1.54) is 6.26 Å². The molecule has 36 heavy (non-hydrogen) atoms. The summed E-state index contributed by atoms with van der Waals surface area (Å²) in [7, 11) is -3.82. The quantitative estimate of drug-likeness (QED) is 0.129. The molecule has 13 heteroatoms. The van der Waals surface area contributed by atoms with Gasteiger partial charge in [0, 0.05) is 11.3 Å². The second kappa shape index (κ2) is 9.05. The van der Waals surface area contributed by atoms with Gasteiger partial charge in [0.15, 0.2) is 16.6 Å². The number of halogens is 2. The fourth-order valence-corrected chi connectivity index (χ4v) is 7.05. The lowest BCUT2D eigenvalue weighted by Gasteiger charge is -2.41. The number of nitrogens with zero attached hydrogens (tertiary/aromatic N) is 4. The van der Waals surface area contributed by atoms with Gasteiger partial charge in [-0.2, -0.15) is 4.98 Å². The minimum absolute atomic E-state index is 0.0301. The summed E-state index contributed by atoms with van der Waals surface area (Å²) in [5.41, 5.74) is 0.363. The van der Waals surface area contributed by atoms with Gasteiger partial charge in [0.1, 0.15) is 17.7 Å². The Labute approximate surface area is 219 Å². The molecular weight excluding hydrogens is 530 g/mol. The van der Waals surface area contributed by atoms with Crippen LogP contribution in [0.4, 0.5) is 0 Å². The first kappa shape index (κ1) is 26.1. The summed E-state index contributed by atoms with van der Waals surface area (Å²) in [6.07, 6.45) is 7.63. The number of hydrogen-bond donors (Lipinski definition) is 0. The Morgan fingerprint density at radius 1 is 1.14 bits per heavy atom. The lowest BCUT2D eigenvalue weighted by atomic mass is 9.67. The Balaban J connectivity index is 1.51. The second-order valence-corrected chi connectivity index (χ2v) is 12.4. The van der Waals surface area contributed by atoms with Crippen LogP contribution in [-0.4, -0.2) is 49.7 Å². The highest BCUT2D eigenvalue weighted by atomic mass is 35.5. The number of hydrogen-bond acceptors (Lipinski definition) is 9. The molecule has 3 aliphatic rings. The number of fused-ring (bicyclic) bond motifs is 4. The third-order valence-electron chi connectivity index (χ3n) is 6.40. The molecule has 10 nitrogen and oxygen atoms in total. The van der Waals surface area contributed by atoms with Crippen LogP contribution in [0.2, 0.25) is 10.4 Å². The van der Waals surface area contributed by atoms with E-state index in [-0.39, 0.29) is 46.8 Å². The van der Waals surface area contributed by atoms with Crippen molar-refractivity contribution < 1.29 is 27.6 Å². The van der Waals surface area contributed by atoms with E-state index in [1.807, 2.05) is 30.6 Å². The molecule has 0 N–H and O–H groups in total. The summed E-state index contributed by atoms with van der Waals surface area (Å²) in [5.74, 6) is -0.883. The lowest BCUT2D eigenvalue weighted by Crippen LogP contribution is -2.41. The Morgan fingerprint density at radius 3 is 2.44 bits per heavy atom. The number of ether oxygens (including phenoxy) is 2. The highest BCUT2D eigenvalue weighted by Gasteiger charge is 2.67. The van der Waals surface area contributed by atoms with E-state index in [9.17, 15) is 4.57 Å². The SMILES string of the molecule is CC(C)OP(=O)(O/C=C/[C@@]12C=C[C@@H]1[C@@H](n1cnc3c(Cl)nc(Cl)nc31)[C@@H]1OC(C)(C)O[C@@H]12)OC(C)C. The summed E-state index contributed by atoms with van der Waals surface area (Å²) in [4.78, 5) is 12.8. The zero-order valence-electron chi connectivity index (χ0n) is 20.8. The van der Waals surface area contributed by atoms with E-state index < -0.39 is 19.0 Å². The fourth-order valence-electron chi connectivity index (χ4n) is 5.24. The predicted octanol–water partition coefficient (Wildman–Crippen LogP) is 5.87. The summed E-state index contributed by atoms with van der Waals surface area (Å²) in [5, 5.41) is 0.208. The van der Waals surface area contributed by atoms with Crippen LogP contribution < -0.4 is 0 Å². The van der Waals surface area contributed by atoms with Gasteiger partial charge in [0.05, 0.1) is 30.8 Å². The minimum Gasteiger partial charge on any atom is -0.412 e. The monoisotopic (exact) mass is 558 g/mol. The molecule has 1 aliphatic heterocycles. The van der Waals surface area contributed by atoms with E-state index in [4.69, 9.17) is 46.2 Å². The van der Waals surface area contributed by atoms with Crippen molar-refractivity contribution in [1.82, 2.24) is 19.5 Å². The van der Waals surface area contributed by atoms with Crippen LogP contribution in [0.15, 0.2) is 30.8 Å². The highest BCUT2D eigenvalue weighted by Crippen LogP contribution is 2.63. The number of allylic oxidation sites excluding steroid dienone is 1. The molecule has 2 fully saturated rings. The van der Waals surface area contributed by atoms with Crippen LogP contribution in [0, 0.1) is 11.3 Å². The summed E-state index contributed by atoms with van der Waals surface area (Å²) in [6, 6.07) is -0.232. The second-order valence-electron chi connectivity index (χ2n) is 10.2. The molecule has 1 saturated carbocycles. The van der Waals surface area contributed by atoms with Crippen LogP contribution in [0.3, 0.4) is 0 Å². The molecule has 0 unspecified atom stereocenters. The van der Waals surface area contributed by atoms with E-state index in [0.29, 0.717) is 11.2 Å². The topological polar surface area (TPSA) is 107 Å². The zero-order valence-corrected chi connectivity index (χ0v) is 23.2. The van der Waals surface area contributed by atoms with Gasteiger partial charge in [-0.25, -0.2) is 14.5 Å². The molecule has 3 heterocycles. The molecule has 2 aromatic heterocycles. The van der Waals surface area contributed by atoms with E-state index in [2.05, 4.69) is 21.0 Å². The summed E-state index contributed by atoms with van der Waals surface area (Å²) >= 11 is 12.4. The molecule has 1 saturated heterocycles. The minimum atomic E-state index is -3.82. The van der Waals surface area contributed by atoms with Crippen LogP contribution in [0.5, 0.6) is 0 Å². The molecule has 0 bridgehead atoms. The molecule has 0 aromatic carbocycles. The molecule has 0 amide bonds. The van der Waals surface area contributed by atoms with Crippen molar-refractivity contribution in [3.63, 3.8) is 0 Å². The first-order chi connectivity index (χ1) is 16.8. The van der Waals surface area contributed by atoms with Gasteiger partial charge in [-0.05, 0) is 59.2 Å². The third kappa shape index (κ3) is 4.41. The lowest BCUT2D eigenvalue weighted by molar-refractivity contribution is -0.168. The van der Waals surface area contributed by atoms with Gasteiger partial charge in [-0.1, -0.05) is 23.8 Å². The molecule has 196 valence electrons. The smallest absolute Gasteiger partial charge is 0.412 e. The van der Waals surface area contributed by atoms with Crippen LogP contribution in [-0.2, 0) is 27.6 Å². The fraction of sp³-hybridized carbons (Fsp3) is 0.609. The van der Waals surface area contributed by atoms with Crippen LogP contribution in [0.25, 0.3) is 11.2 Å². The average molecular weight is 559 g/mol.